The normalized spacial score (nSPS) is 26.1. The number of benzene rings is 3. The highest BCUT2D eigenvalue weighted by Gasteiger charge is 2.50. The minimum Gasteiger partial charge on any atom is -0.508 e. The van der Waals surface area contributed by atoms with Crippen LogP contribution in [0.5, 0.6) is 5.75 Å². The number of H-pyrrole nitrogens is 1. The number of aromatic amines is 1. The van der Waals surface area contributed by atoms with E-state index in [1.54, 1.807) is 0 Å². The van der Waals surface area contributed by atoms with Crippen LogP contribution in [0, 0.1) is 0 Å². The Labute approximate surface area is 373 Å². The van der Waals surface area contributed by atoms with Crippen LogP contribution in [0.2, 0.25) is 0 Å². The summed E-state index contributed by atoms with van der Waals surface area (Å²) in [7, 11) is -11.4. The van der Waals surface area contributed by atoms with Gasteiger partial charge in [0, 0.05) is 47.0 Å². The fourth-order valence-corrected chi connectivity index (χ4v) is 9.36. The molecule has 2 unspecified atom stereocenters. The van der Waals surface area contributed by atoms with Gasteiger partial charge in [0.2, 0.25) is 0 Å². The number of aromatic nitrogens is 2. The number of aromatic hydroxyl groups is 1. The number of carbonyl (C=O) groups excluding carboxylic acids is 1. The topological polar surface area (TPSA) is 414 Å². The number of carboxylic acid groups (broad SMARTS) is 1. The Hall–Kier alpha value is -5.77. The summed E-state index contributed by atoms with van der Waals surface area (Å²) in [5.74, 6) is -2.13. The molecule has 0 radical (unpaired) electrons. The summed E-state index contributed by atoms with van der Waals surface area (Å²) in [5.41, 5.74) is -2.16. The van der Waals surface area contributed by atoms with E-state index in [-0.39, 0.29) is 45.9 Å². The van der Waals surface area contributed by atoms with Gasteiger partial charge in [-0.2, -0.15) is 4.31 Å². The summed E-state index contributed by atoms with van der Waals surface area (Å²) in [5, 5.41) is 83.6. The van der Waals surface area contributed by atoms with E-state index in [0.29, 0.717) is 21.1 Å². The van der Waals surface area contributed by atoms with Gasteiger partial charge in [0.1, 0.15) is 59.8 Å². The first kappa shape index (κ1) is 49.1. The number of carboxylic acids is 1. The van der Waals surface area contributed by atoms with Gasteiger partial charge in [-0.3, -0.25) is 33.0 Å². The Balaban J connectivity index is 1.02. The van der Waals surface area contributed by atoms with Crippen LogP contribution in [0.4, 0.5) is 0 Å². The molecular formula is C39H39N3O23P2. The van der Waals surface area contributed by atoms with E-state index in [1.807, 2.05) is 4.98 Å². The second-order valence-corrected chi connectivity index (χ2v) is 17.9. The summed E-state index contributed by atoms with van der Waals surface area (Å²) in [6.07, 6.45) is -14.1. The number of aliphatic hydroxyl groups excluding tert-OH is 6. The first-order chi connectivity index (χ1) is 31.6. The smallest absolute Gasteiger partial charge is 0.483 e. The van der Waals surface area contributed by atoms with Crippen LogP contribution >= 0.6 is 15.6 Å². The van der Waals surface area contributed by atoms with Crippen LogP contribution in [-0.2, 0) is 32.0 Å². The lowest BCUT2D eigenvalue weighted by atomic mass is 9.89. The zero-order valence-corrected chi connectivity index (χ0v) is 35.7. The highest BCUT2D eigenvalue weighted by molar-refractivity contribution is 7.61. The molecule has 2 fully saturated rings. The van der Waals surface area contributed by atoms with Crippen molar-refractivity contribution in [2.45, 2.75) is 55.2 Å². The molecular weight excluding hydrogens is 940 g/mol. The molecule has 0 spiro atoms. The van der Waals surface area contributed by atoms with Crippen LogP contribution in [0.15, 0.2) is 85.7 Å². The summed E-state index contributed by atoms with van der Waals surface area (Å²) < 4.78 is 55.2. The lowest BCUT2D eigenvalue weighted by molar-refractivity contribution is -0.280. The number of rotatable bonds is 15. The fraction of sp³-hybridized carbons (Fsp3) is 0.308. The number of nitrogens with zero attached hydrogens (tertiary/aromatic N) is 1. The molecule has 0 saturated carbocycles. The van der Waals surface area contributed by atoms with Crippen molar-refractivity contribution in [2.24, 2.45) is 0 Å². The van der Waals surface area contributed by atoms with E-state index in [9.17, 15) is 83.7 Å². The van der Waals surface area contributed by atoms with Crippen molar-refractivity contribution >= 4 is 44.6 Å². The van der Waals surface area contributed by atoms with Gasteiger partial charge >= 0.3 is 27.3 Å². The molecule has 1 aromatic heterocycles. The molecule has 2 aromatic carbocycles. The van der Waals surface area contributed by atoms with Gasteiger partial charge in [0.25, 0.3) is 11.5 Å². The van der Waals surface area contributed by atoms with Crippen LogP contribution in [0.1, 0.15) is 32.5 Å². The minimum atomic E-state index is -5.73. The molecule has 2 saturated heterocycles. The van der Waals surface area contributed by atoms with Crippen molar-refractivity contribution < 1.29 is 96.6 Å². The Morgan fingerprint density at radius 2 is 1.58 bits per heavy atom. The molecule has 3 aliphatic heterocycles. The fourth-order valence-electron chi connectivity index (χ4n) is 7.20. The summed E-state index contributed by atoms with van der Waals surface area (Å²) in [4.78, 5) is 85.7. The number of amides is 1. The number of nitrogens with one attached hydrogen (secondary N) is 2. The SMILES string of the molecule is O=C(NC/C=C/c1cn([C@@H]2O[C@H](COP(=O)(O)OP(=O)(O)O[C@@H]3O[C@H](CO)[C@@H](O)[C@@H](O)[C@@H]3O)[C@@H](O)[C@H]2O)c(=O)[nH]c1=O)c1ccc(C(=O)O)c(-c2c3ccc(=O)cc-3oc3cc(O)ccc23)c1. The standard InChI is InChI=1S/C39H39N3O23P2/c43-14-26-29(46)31(48)33(50)38(63-26)64-67(58,59)65-66(56,57)60-15-27-30(47)32(49)36(62-27)42-13-17(35(52)41-39(42)55)2-1-9-40-34(51)16-3-6-20(37(53)54)23(10-16)28-21-7-4-18(44)11-24(21)61-25-12-19(45)5-8-22(25)28/h1-8,10-13,26-27,29-33,36,38,43-44,46-50H,9,14-15H2,(H,40,51)(H,53,54)(H,56,57)(H,58,59)(H,41,52,55)/b2-1+/t26-,27-,29-,30-,31-,32-,33+,36-,38+/m1/s1. The van der Waals surface area contributed by atoms with Crippen molar-refractivity contribution in [1.82, 2.24) is 14.9 Å². The molecule has 11 atom stereocenters. The van der Waals surface area contributed by atoms with Gasteiger partial charge < -0.3 is 69.8 Å². The van der Waals surface area contributed by atoms with Gasteiger partial charge in [-0.05, 0) is 48.0 Å². The monoisotopic (exact) mass is 979 g/mol. The average molecular weight is 980 g/mol. The van der Waals surface area contributed by atoms with Crippen molar-refractivity contribution in [1.29, 1.82) is 0 Å². The third-order valence-electron chi connectivity index (χ3n) is 10.4. The molecule has 358 valence electrons. The number of ether oxygens (including phenoxy) is 2. The van der Waals surface area contributed by atoms with Crippen molar-refractivity contribution in [3.8, 4) is 28.2 Å². The predicted molar refractivity (Wildman–Crippen MR) is 223 cm³/mol. The maximum absolute atomic E-state index is 13.4. The molecule has 4 heterocycles. The zero-order valence-electron chi connectivity index (χ0n) is 33.9. The Morgan fingerprint density at radius 1 is 0.851 bits per heavy atom. The van der Waals surface area contributed by atoms with E-state index < -0.39 is 113 Å². The number of hydrogen-bond acceptors (Lipinski definition) is 20. The Bertz CT molecular complexity index is 2990. The molecule has 3 aromatic rings. The summed E-state index contributed by atoms with van der Waals surface area (Å²) in [6, 6.07) is 11.8. The molecule has 1 aliphatic carbocycles. The van der Waals surface area contributed by atoms with Gasteiger partial charge in [-0.1, -0.05) is 12.2 Å². The molecule has 7 rings (SSSR count). The lowest BCUT2D eigenvalue weighted by Gasteiger charge is -2.39. The number of fused-ring (bicyclic) bond motifs is 2. The van der Waals surface area contributed by atoms with E-state index in [4.69, 9.17) is 13.9 Å². The molecule has 4 aliphatic rings. The number of carbonyl (C=O) groups is 2. The van der Waals surface area contributed by atoms with Crippen molar-refractivity contribution in [3.63, 3.8) is 0 Å². The number of phenols is 1. The summed E-state index contributed by atoms with van der Waals surface area (Å²) >= 11 is 0. The van der Waals surface area contributed by atoms with Crippen LogP contribution in [0.25, 0.3) is 39.5 Å². The third-order valence-corrected chi connectivity index (χ3v) is 13.0. The molecule has 67 heavy (non-hydrogen) atoms. The molecule has 28 heteroatoms. The number of phenolic OH excluding ortho intramolecular Hbond substituents is 1. The third kappa shape index (κ3) is 10.5. The number of hydrogen-bond donors (Lipinski definition) is 12. The number of aromatic carboxylic acids is 1. The van der Waals surface area contributed by atoms with Crippen LogP contribution in [-0.4, -0.2) is 141 Å². The second-order valence-electron chi connectivity index (χ2n) is 14.9. The first-order valence-corrected chi connectivity index (χ1v) is 22.5. The first-order valence-electron chi connectivity index (χ1n) is 19.5. The second kappa shape index (κ2) is 19.4. The molecule has 12 N–H and O–H groups in total. The largest absolute Gasteiger partial charge is 0.508 e. The van der Waals surface area contributed by atoms with E-state index in [2.05, 4.69) is 18.7 Å². The van der Waals surface area contributed by atoms with Gasteiger partial charge in [0.05, 0.1) is 24.3 Å². The number of aliphatic hydroxyl groups is 6. The van der Waals surface area contributed by atoms with Crippen LogP contribution in [0.3, 0.4) is 0 Å². The van der Waals surface area contributed by atoms with E-state index >= 15 is 0 Å². The molecule has 0 bridgehead atoms. The Kier molecular flexibility index (Phi) is 14.3. The predicted octanol–water partition coefficient (Wildman–Crippen LogP) is -1.07. The van der Waals surface area contributed by atoms with Gasteiger partial charge in [0.15, 0.2) is 17.9 Å². The number of phosphoric acid groups is 2. The molecule has 26 nitrogen and oxygen atoms in total. The maximum atomic E-state index is 13.4. The van der Waals surface area contributed by atoms with E-state index in [1.165, 1.54) is 60.7 Å². The van der Waals surface area contributed by atoms with Crippen molar-refractivity contribution in [2.75, 3.05) is 19.8 Å². The van der Waals surface area contributed by atoms with Crippen molar-refractivity contribution in [3.05, 3.63) is 115 Å². The number of phosphoric ester groups is 2. The van der Waals surface area contributed by atoms with Crippen LogP contribution < -0.4 is 22.0 Å². The Morgan fingerprint density at radius 3 is 2.30 bits per heavy atom. The van der Waals surface area contributed by atoms with Gasteiger partial charge in [-0.15, -0.1) is 0 Å². The minimum absolute atomic E-state index is 0.0125. The lowest BCUT2D eigenvalue weighted by Crippen LogP contribution is -2.58. The molecule has 1 amide bonds. The average Bonchev–Trinajstić information content (AvgIpc) is 3.54. The quantitative estimate of drug-likeness (QED) is 0.0439. The van der Waals surface area contributed by atoms with Gasteiger partial charge in [-0.25, -0.2) is 18.7 Å². The highest BCUT2D eigenvalue weighted by Crippen LogP contribution is 2.61. The van der Waals surface area contributed by atoms with E-state index in [0.717, 1.165) is 12.3 Å². The zero-order chi connectivity index (χ0) is 48.7. The maximum Gasteiger partial charge on any atom is 0.483 e. The highest BCUT2D eigenvalue weighted by atomic mass is 31.3. The summed E-state index contributed by atoms with van der Waals surface area (Å²) in [6.45, 7) is -2.37.